The summed E-state index contributed by atoms with van der Waals surface area (Å²) in [6.45, 7) is 8.69. The Morgan fingerprint density at radius 1 is 0.870 bits per heavy atom. The Kier molecular flexibility index (Phi) is 8.74. The van der Waals surface area contributed by atoms with E-state index in [-0.39, 0.29) is 5.78 Å². The Labute approximate surface area is 140 Å². The van der Waals surface area contributed by atoms with Gasteiger partial charge in [-0.05, 0) is 51.5 Å². The quantitative estimate of drug-likeness (QED) is 0.500. The first-order valence-corrected chi connectivity index (χ1v) is 8.30. The Hall–Kier alpha value is -2.09. The van der Waals surface area contributed by atoms with E-state index >= 15 is 0 Å². The van der Waals surface area contributed by atoms with Crippen LogP contribution in [0.3, 0.4) is 0 Å². The van der Waals surface area contributed by atoms with E-state index < -0.39 is 0 Å². The topological polar surface area (TPSA) is 26.3 Å². The molecule has 124 valence electrons. The van der Waals surface area contributed by atoms with E-state index in [2.05, 4.69) is 45.0 Å². The molecule has 0 spiro atoms. The molecule has 0 heterocycles. The van der Waals surface area contributed by atoms with Crippen molar-refractivity contribution in [2.45, 2.75) is 47.0 Å². The van der Waals surface area contributed by atoms with Crippen molar-refractivity contribution in [1.29, 1.82) is 0 Å². The number of carbonyl (C=O) groups excluding carboxylic acids is 1. The van der Waals surface area contributed by atoms with E-state index in [0.29, 0.717) is 0 Å². The number of hydrogen-bond donors (Lipinski definition) is 0. The predicted octanol–water partition coefficient (Wildman–Crippen LogP) is 5.76. The third-order valence-corrected chi connectivity index (χ3v) is 3.50. The molecule has 0 amide bonds. The van der Waals surface area contributed by atoms with Crippen molar-refractivity contribution in [1.82, 2.24) is 0 Å². The van der Waals surface area contributed by atoms with Gasteiger partial charge in [0.05, 0.1) is 6.61 Å². The molecule has 0 N–H and O–H groups in total. The van der Waals surface area contributed by atoms with Crippen molar-refractivity contribution in [2.24, 2.45) is 0 Å². The minimum absolute atomic E-state index is 0.0903. The SMILES string of the molecule is CCCCCOc1ccc(C(C)=O)cc1.Cc1ccc(C)cc1. The predicted molar refractivity (Wildman–Crippen MR) is 97.4 cm³/mol. The number of carbonyl (C=O) groups is 1. The molecule has 2 aromatic carbocycles. The molecule has 0 saturated carbocycles. The number of Topliss-reactive ketones (excluding diaryl/α,β-unsaturated/α-hetero) is 1. The summed E-state index contributed by atoms with van der Waals surface area (Å²) in [5.74, 6) is 0.934. The minimum atomic E-state index is 0.0903. The van der Waals surface area contributed by atoms with Gasteiger partial charge in [-0.15, -0.1) is 0 Å². The van der Waals surface area contributed by atoms with Gasteiger partial charge in [0.2, 0.25) is 0 Å². The maximum atomic E-state index is 11.0. The normalized spacial score (nSPS) is 9.74. The second kappa shape index (κ2) is 10.6. The first-order chi connectivity index (χ1) is 11.0. The second-order valence-corrected chi connectivity index (χ2v) is 5.79. The number of hydrogen-bond acceptors (Lipinski definition) is 2. The minimum Gasteiger partial charge on any atom is -0.494 e. The summed E-state index contributed by atoms with van der Waals surface area (Å²) in [6.07, 6.45) is 3.49. The summed E-state index contributed by atoms with van der Waals surface area (Å²) < 4.78 is 5.53. The fraction of sp³-hybridized carbons (Fsp3) is 0.381. The second-order valence-electron chi connectivity index (χ2n) is 5.79. The Morgan fingerprint density at radius 2 is 1.39 bits per heavy atom. The van der Waals surface area contributed by atoms with Gasteiger partial charge in [-0.3, -0.25) is 4.79 Å². The smallest absolute Gasteiger partial charge is 0.159 e. The lowest BCUT2D eigenvalue weighted by molar-refractivity contribution is 0.101. The zero-order valence-electron chi connectivity index (χ0n) is 14.8. The molecule has 2 heteroatoms. The Balaban J connectivity index is 0.000000277. The zero-order chi connectivity index (χ0) is 17.1. The molecule has 0 atom stereocenters. The summed E-state index contributed by atoms with van der Waals surface area (Å²) in [7, 11) is 0. The Morgan fingerprint density at radius 3 is 1.83 bits per heavy atom. The van der Waals surface area contributed by atoms with Gasteiger partial charge >= 0.3 is 0 Å². The van der Waals surface area contributed by atoms with E-state index in [1.165, 1.54) is 24.0 Å². The molecular formula is C21H28O2. The van der Waals surface area contributed by atoms with Crippen molar-refractivity contribution >= 4 is 5.78 Å². The van der Waals surface area contributed by atoms with E-state index in [1.54, 1.807) is 19.1 Å². The molecule has 0 saturated heterocycles. The molecule has 0 aliphatic heterocycles. The van der Waals surface area contributed by atoms with Crippen molar-refractivity contribution < 1.29 is 9.53 Å². The summed E-state index contributed by atoms with van der Waals surface area (Å²) in [5.41, 5.74) is 3.39. The standard InChI is InChI=1S/C13H18O2.C8H10/c1-3-4-5-10-15-13-8-6-12(7-9-13)11(2)14;1-7-3-5-8(2)6-4-7/h6-9H,3-5,10H2,1-2H3;3-6H,1-2H3. The lowest BCUT2D eigenvalue weighted by atomic mass is 10.1. The van der Waals surface area contributed by atoms with Crippen LogP contribution >= 0.6 is 0 Å². The van der Waals surface area contributed by atoms with Gasteiger partial charge in [-0.1, -0.05) is 55.2 Å². The number of unbranched alkanes of at least 4 members (excludes halogenated alkanes) is 2. The maximum Gasteiger partial charge on any atom is 0.159 e. The first-order valence-electron chi connectivity index (χ1n) is 8.30. The number of aryl methyl sites for hydroxylation is 2. The van der Waals surface area contributed by atoms with Gasteiger partial charge < -0.3 is 4.74 Å². The van der Waals surface area contributed by atoms with Gasteiger partial charge in [-0.2, -0.15) is 0 Å². The lowest BCUT2D eigenvalue weighted by Crippen LogP contribution is -1.97. The summed E-state index contributed by atoms with van der Waals surface area (Å²) in [5, 5.41) is 0. The van der Waals surface area contributed by atoms with Crippen LogP contribution in [0.15, 0.2) is 48.5 Å². The largest absolute Gasteiger partial charge is 0.494 e. The highest BCUT2D eigenvalue weighted by atomic mass is 16.5. The molecule has 2 aromatic rings. The maximum absolute atomic E-state index is 11.0. The molecular weight excluding hydrogens is 284 g/mol. The number of ether oxygens (including phenoxy) is 1. The fourth-order valence-corrected chi connectivity index (χ4v) is 1.96. The molecule has 23 heavy (non-hydrogen) atoms. The Bertz CT molecular complexity index is 547. The average molecular weight is 312 g/mol. The molecule has 0 radical (unpaired) electrons. The monoisotopic (exact) mass is 312 g/mol. The first kappa shape index (κ1) is 19.0. The van der Waals surface area contributed by atoms with Gasteiger partial charge in [0, 0.05) is 5.56 Å². The van der Waals surface area contributed by atoms with Gasteiger partial charge in [0.15, 0.2) is 5.78 Å². The molecule has 0 fully saturated rings. The van der Waals surface area contributed by atoms with Crippen LogP contribution in [0.4, 0.5) is 0 Å². The van der Waals surface area contributed by atoms with E-state index in [0.717, 1.165) is 24.3 Å². The zero-order valence-corrected chi connectivity index (χ0v) is 14.8. The molecule has 0 unspecified atom stereocenters. The van der Waals surface area contributed by atoms with Crippen molar-refractivity contribution in [3.05, 3.63) is 65.2 Å². The van der Waals surface area contributed by atoms with Crippen LogP contribution in [-0.4, -0.2) is 12.4 Å². The third-order valence-electron chi connectivity index (χ3n) is 3.50. The van der Waals surface area contributed by atoms with E-state index in [9.17, 15) is 4.79 Å². The third kappa shape index (κ3) is 8.20. The number of rotatable bonds is 6. The highest BCUT2D eigenvalue weighted by Gasteiger charge is 1.99. The van der Waals surface area contributed by atoms with Gasteiger partial charge in [0.25, 0.3) is 0 Å². The molecule has 0 bridgehead atoms. The molecule has 0 aliphatic rings. The fourth-order valence-electron chi connectivity index (χ4n) is 1.96. The number of benzene rings is 2. The molecule has 2 rings (SSSR count). The van der Waals surface area contributed by atoms with Crippen molar-refractivity contribution in [3.63, 3.8) is 0 Å². The van der Waals surface area contributed by atoms with Crippen LogP contribution in [0.1, 0.15) is 54.6 Å². The van der Waals surface area contributed by atoms with Crippen molar-refractivity contribution in [3.8, 4) is 5.75 Å². The highest BCUT2D eigenvalue weighted by Crippen LogP contribution is 2.13. The van der Waals surface area contributed by atoms with Crippen LogP contribution in [0, 0.1) is 13.8 Å². The lowest BCUT2D eigenvalue weighted by Gasteiger charge is -2.05. The highest BCUT2D eigenvalue weighted by molar-refractivity contribution is 5.94. The van der Waals surface area contributed by atoms with Crippen LogP contribution in [0.5, 0.6) is 5.75 Å². The van der Waals surface area contributed by atoms with Gasteiger partial charge in [-0.25, -0.2) is 0 Å². The average Bonchev–Trinajstić information content (AvgIpc) is 2.55. The molecule has 0 aromatic heterocycles. The van der Waals surface area contributed by atoms with Crippen LogP contribution in [0.2, 0.25) is 0 Å². The summed E-state index contributed by atoms with van der Waals surface area (Å²) in [4.78, 5) is 11.0. The van der Waals surface area contributed by atoms with E-state index in [1.807, 2.05) is 12.1 Å². The summed E-state index contributed by atoms with van der Waals surface area (Å²) >= 11 is 0. The number of ketones is 1. The van der Waals surface area contributed by atoms with Crippen LogP contribution in [-0.2, 0) is 0 Å². The van der Waals surface area contributed by atoms with Crippen LogP contribution in [0.25, 0.3) is 0 Å². The molecule has 2 nitrogen and oxygen atoms in total. The molecule has 0 aliphatic carbocycles. The van der Waals surface area contributed by atoms with Crippen molar-refractivity contribution in [2.75, 3.05) is 6.61 Å². The van der Waals surface area contributed by atoms with Crippen LogP contribution < -0.4 is 4.74 Å². The van der Waals surface area contributed by atoms with Gasteiger partial charge in [0.1, 0.15) is 5.75 Å². The van der Waals surface area contributed by atoms with E-state index in [4.69, 9.17) is 4.74 Å². The summed E-state index contributed by atoms with van der Waals surface area (Å²) in [6, 6.07) is 15.8.